The van der Waals surface area contributed by atoms with Crippen molar-refractivity contribution >= 4 is 11.9 Å². The molecule has 2 atom stereocenters. The van der Waals surface area contributed by atoms with Gasteiger partial charge in [-0.2, -0.15) is 0 Å². The molecule has 0 saturated carbocycles. The largest absolute Gasteiger partial charge is 0.458 e. The van der Waals surface area contributed by atoms with Gasteiger partial charge in [-0.15, -0.1) is 0 Å². The second-order valence-corrected chi connectivity index (χ2v) is 5.51. The van der Waals surface area contributed by atoms with Gasteiger partial charge < -0.3 is 15.8 Å². The molecule has 3 N–H and O–H groups in total. The summed E-state index contributed by atoms with van der Waals surface area (Å²) >= 11 is 0. The van der Waals surface area contributed by atoms with Gasteiger partial charge in [0.15, 0.2) is 0 Å². The quantitative estimate of drug-likeness (QED) is 0.705. The molecule has 0 aliphatic heterocycles. The third-order valence-electron chi connectivity index (χ3n) is 2.32. The third kappa shape index (κ3) is 7.27. The van der Waals surface area contributed by atoms with E-state index in [0.717, 1.165) is 12.8 Å². The Morgan fingerprint density at radius 1 is 1.33 bits per heavy atom. The predicted octanol–water partition coefficient (Wildman–Crippen LogP) is 1.35. The lowest BCUT2D eigenvalue weighted by molar-refractivity contribution is -0.158. The summed E-state index contributed by atoms with van der Waals surface area (Å²) in [6, 6.07) is -1.24. The first-order valence-corrected chi connectivity index (χ1v) is 6.46. The topological polar surface area (TPSA) is 81.4 Å². The van der Waals surface area contributed by atoms with E-state index in [1.54, 1.807) is 27.7 Å². The van der Waals surface area contributed by atoms with Crippen molar-refractivity contribution in [2.24, 2.45) is 5.73 Å². The van der Waals surface area contributed by atoms with Crippen LogP contribution in [0.5, 0.6) is 0 Å². The summed E-state index contributed by atoms with van der Waals surface area (Å²) < 4.78 is 5.17. The van der Waals surface area contributed by atoms with E-state index in [1.165, 1.54) is 0 Å². The average Bonchev–Trinajstić information content (AvgIpc) is 2.23. The zero-order chi connectivity index (χ0) is 14.3. The number of amides is 1. The summed E-state index contributed by atoms with van der Waals surface area (Å²) in [4.78, 5) is 23.3. The van der Waals surface area contributed by atoms with Crippen LogP contribution in [-0.2, 0) is 14.3 Å². The van der Waals surface area contributed by atoms with Crippen molar-refractivity contribution in [3.63, 3.8) is 0 Å². The van der Waals surface area contributed by atoms with E-state index < -0.39 is 23.7 Å². The van der Waals surface area contributed by atoms with Crippen LogP contribution in [0.2, 0.25) is 0 Å². The van der Waals surface area contributed by atoms with E-state index in [2.05, 4.69) is 5.32 Å². The molecule has 5 nitrogen and oxygen atoms in total. The predicted molar refractivity (Wildman–Crippen MR) is 71.0 cm³/mol. The Bertz CT molecular complexity index is 284. The smallest absolute Gasteiger partial charge is 0.328 e. The summed E-state index contributed by atoms with van der Waals surface area (Å²) in [5.41, 5.74) is 5.16. The van der Waals surface area contributed by atoms with Crippen LogP contribution in [0.1, 0.15) is 53.9 Å². The van der Waals surface area contributed by atoms with Gasteiger partial charge in [0.05, 0.1) is 6.04 Å². The molecule has 106 valence electrons. The molecule has 0 spiro atoms. The van der Waals surface area contributed by atoms with E-state index in [-0.39, 0.29) is 5.91 Å². The minimum atomic E-state index is -0.676. The van der Waals surface area contributed by atoms with Gasteiger partial charge in [0.1, 0.15) is 11.6 Å². The standard InChI is InChI=1S/C13H26N2O3/c1-6-7-8-10(14)11(16)15-9(2)12(17)18-13(3,4)5/h9-10H,6-8,14H2,1-5H3,(H,15,16)/t9-,10-/m0/s1. The van der Waals surface area contributed by atoms with Crippen molar-refractivity contribution in [3.05, 3.63) is 0 Å². The highest BCUT2D eigenvalue weighted by molar-refractivity contribution is 5.87. The minimum absolute atomic E-state index is 0.304. The number of unbranched alkanes of at least 4 members (excludes halogenated alkanes) is 1. The molecule has 0 unspecified atom stereocenters. The zero-order valence-corrected chi connectivity index (χ0v) is 12.1. The average molecular weight is 258 g/mol. The van der Waals surface area contributed by atoms with Crippen LogP contribution in [0.15, 0.2) is 0 Å². The summed E-state index contributed by atoms with van der Waals surface area (Å²) in [5.74, 6) is -0.750. The monoisotopic (exact) mass is 258 g/mol. The van der Waals surface area contributed by atoms with Crippen LogP contribution >= 0.6 is 0 Å². The van der Waals surface area contributed by atoms with Crippen LogP contribution in [0.4, 0.5) is 0 Å². The maximum Gasteiger partial charge on any atom is 0.328 e. The Kier molecular flexibility index (Phi) is 6.91. The SMILES string of the molecule is CCCC[C@H](N)C(=O)N[C@@H](C)C(=O)OC(C)(C)C. The van der Waals surface area contributed by atoms with Gasteiger partial charge in [0, 0.05) is 0 Å². The molecule has 0 heterocycles. The van der Waals surface area contributed by atoms with E-state index in [1.807, 2.05) is 6.92 Å². The number of carbonyl (C=O) groups excluding carboxylic acids is 2. The van der Waals surface area contributed by atoms with Gasteiger partial charge in [-0.1, -0.05) is 19.8 Å². The summed E-state index contributed by atoms with van der Waals surface area (Å²) in [6.07, 6.45) is 2.52. The Morgan fingerprint density at radius 2 is 1.89 bits per heavy atom. The maximum absolute atomic E-state index is 11.7. The number of nitrogens with two attached hydrogens (primary N) is 1. The summed E-state index contributed by atoms with van der Waals surface area (Å²) in [5, 5.41) is 2.57. The number of carbonyl (C=O) groups is 2. The minimum Gasteiger partial charge on any atom is -0.458 e. The first-order chi connectivity index (χ1) is 8.17. The molecule has 0 aromatic carbocycles. The molecule has 0 bridgehead atoms. The molecule has 0 rings (SSSR count). The Hall–Kier alpha value is -1.10. The molecule has 0 radical (unpaired) electrons. The number of rotatable bonds is 6. The third-order valence-corrected chi connectivity index (χ3v) is 2.32. The fourth-order valence-corrected chi connectivity index (χ4v) is 1.32. The lowest BCUT2D eigenvalue weighted by Crippen LogP contribution is -2.48. The highest BCUT2D eigenvalue weighted by Crippen LogP contribution is 2.08. The van der Waals surface area contributed by atoms with Gasteiger partial charge in [-0.25, -0.2) is 4.79 Å². The molecule has 0 saturated heterocycles. The first-order valence-electron chi connectivity index (χ1n) is 6.46. The van der Waals surface area contributed by atoms with Crippen molar-refractivity contribution in [1.29, 1.82) is 0 Å². The normalized spacial score (nSPS) is 14.8. The fraction of sp³-hybridized carbons (Fsp3) is 0.846. The van der Waals surface area contributed by atoms with Gasteiger partial charge in [-0.05, 0) is 34.1 Å². The number of nitrogens with one attached hydrogen (secondary N) is 1. The molecule has 5 heteroatoms. The van der Waals surface area contributed by atoms with Crippen molar-refractivity contribution in [2.75, 3.05) is 0 Å². The van der Waals surface area contributed by atoms with Crippen molar-refractivity contribution in [2.45, 2.75) is 71.6 Å². The molecule has 0 aromatic heterocycles. The maximum atomic E-state index is 11.7. The lowest BCUT2D eigenvalue weighted by atomic mass is 10.1. The van der Waals surface area contributed by atoms with E-state index in [4.69, 9.17) is 10.5 Å². The molecule has 0 fully saturated rings. The molecule has 0 aliphatic rings. The molecule has 0 aliphatic carbocycles. The van der Waals surface area contributed by atoms with Crippen LogP contribution in [0.25, 0.3) is 0 Å². The second-order valence-electron chi connectivity index (χ2n) is 5.51. The number of ether oxygens (including phenoxy) is 1. The van der Waals surface area contributed by atoms with Gasteiger partial charge in [0.25, 0.3) is 0 Å². The van der Waals surface area contributed by atoms with Crippen molar-refractivity contribution < 1.29 is 14.3 Å². The van der Waals surface area contributed by atoms with Gasteiger partial charge in [0.2, 0.25) is 5.91 Å². The molecule has 0 aromatic rings. The molecular formula is C13H26N2O3. The van der Waals surface area contributed by atoms with Crippen LogP contribution in [-0.4, -0.2) is 29.6 Å². The van der Waals surface area contributed by atoms with Crippen molar-refractivity contribution in [3.8, 4) is 0 Å². The molecule has 1 amide bonds. The van der Waals surface area contributed by atoms with Crippen LogP contribution in [0, 0.1) is 0 Å². The van der Waals surface area contributed by atoms with Crippen LogP contribution < -0.4 is 11.1 Å². The van der Waals surface area contributed by atoms with Gasteiger partial charge >= 0.3 is 5.97 Å². The highest BCUT2D eigenvalue weighted by atomic mass is 16.6. The Morgan fingerprint density at radius 3 is 2.33 bits per heavy atom. The lowest BCUT2D eigenvalue weighted by Gasteiger charge is -2.23. The van der Waals surface area contributed by atoms with Gasteiger partial charge in [-0.3, -0.25) is 4.79 Å². The first kappa shape index (κ1) is 16.9. The highest BCUT2D eigenvalue weighted by Gasteiger charge is 2.24. The number of hydrogen-bond acceptors (Lipinski definition) is 4. The molecular weight excluding hydrogens is 232 g/mol. The summed E-state index contributed by atoms with van der Waals surface area (Å²) in [6.45, 7) is 8.98. The second kappa shape index (κ2) is 7.36. The van der Waals surface area contributed by atoms with Crippen molar-refractivity contribution in [1.82, 2.24) is 5.32 Å². The zero-order valence-electron chi connectivity index (χ0n) is 12.1. The van der Waals surface area contributed by atoms with E-state index in [9.17, 15) is 9.59 Å². The van der Waals surface area contributed by atoms with Crippen LogP contribution in [0.3, 0.4) is 0 Å². The Labute approximate surface area is 109 Å². The summed E-state index contributed by atoms with van der Waals surface area (Å²) in [7, 11) is 0. The van der Waals surface area contributed by atoms with E-state index >= 15 is 0 Å². The van der Waals surface area contributed by atoms with E-state index in [0.29, 0.717) is 6.42 Å². The molecule has 18 heavy (non-hydrogen) atoms. The Balaban J connectivity index is 4.18. The number of hydrogen-bond donors (Lipinski definition) is 2. The fourth-order valence-electron chi connectivity index (χ4n) is 1.32. The number of esters is 1.